The van der Waals surface area contributed by atoms with Gasteiger partial charge in [0.25, 0.3) is 5.91 Å². The van der Waals surface area contributed by atoms with Crippen molar-refractivity contribution in [1.82, 2.24) is 4.98 Å². The molecule has 0 saturated heterocycles. The molecule has 4 N–H and O–H groups in total. The van der Waals surface area contributed by atoms with E-state index < -0.39 is 0 Å². The molecule has 2 aromatic rings. The van der Waals surface area contributed by atoms with Gasteiger partial charge in [0.15, 0.2) is 0 Å². The lowest BCUT2D eigenvalue weighted by molar-refractivity contribution is -0.122. The number of benzene rings is 1. The van der Waals surface area contributed by atoms with Crippen molar-refractivity contribution in [2.45, 2.75) is 38.1 Å². The summed E-state index contributed by atoms with van der Waals surface area (Å²) in [7, 11) is 0. The number of carbonyl (C=O) groups excluding carboxylic acids is 2. The molecule has 1 aromatic heterocycles. The molecule has 2 aliphatic carbocycles. The fourth-order valence-electron chi connectivity index (χ4n) is 4.61. The smallest absolute Gasteiger partial charge is 0.256 e. The summed E-state index contributed by atoms with van der Waals surface area (Å²) in [6.07, 6.45) is 6.84. The number of fused-ring (bicyclic) bond motifs is 2. The summed E-state index contributed by atoms with van der Waals surface area (Å²) in [6.45, 7) is 0. The van der Waals surface area contributed by atoms with Gasteiger partial charge in [0.1, 0.15) is 5.82 Å². The van der Waals surface area contributed by atoms with Crippen molar-refractivity contribution in [2.75, 3.05) is 10.6 Å². The summed E-state index contributed by atoms with van der Waals surface area (Å²) in [5.74, 6) is 1.18. The largest absolute Gasteiger partial charge is 0.327 e. The molecule has 2 unspecified atom stereocenters. The van der Waals surface area contributed by atoms with E-state index in [2.05, 4.69) is 15.6 Å². The van der Waals surface area contributed by atoms with Gasteiger partial charge in [0.05, 0.1) is 0 Å². The summed E-state index contributed by atoms with van der Waals surface area (Å²) in [5, 5.41) is 5.76. The Labute approximate surface area is 189 Å². The molecule has 0 spiro atoms. The van der Waals surface area contributed by atoms with Gasteiger partial charge in [-0.15, -0.1) is 24.8 Å². The van der Waals surface area contributed by atoms with Crippen LogP contribution >= 0.6 is 24.8 Å². The number of halogens is 2. The number of hydrogen-bond donors (Lipinski definition) is 3. The van der Waals surface area contributed by atoms with E-state index in [0.29, 0.717) is 28.9 Å². The van der Waals surface area contributed by atoms with E-state index in [1.54, 1.807) is 36.5 Å². The maximum absolute atomic E-state index is 12.8. The summed E-state index contributed by atoms with van der Waals surface area (Å²) in [4.78, 5) is 29.4. The zero-order chi connectivity index (χ0) is 19.5. The lowest BCUT2D eigenvalue weighted by atomic mass is 9.65. The number of anilines is 2. The number of hydrogen-bond acceptors (Lipinski definition) is 4. The van der Waals surface area contributed by atoms with Crippen molar-refractivity contribution in [1.29, 1.82) is 0 Å². The van der Waals surface area contributed by atoms with Crippen LogP contribution in [0.1, 0.15) is 42.5 Å². The van der Waals surface area contributed by atoms with Gasteiger partial charge in [-0.25, -0.2) is 4.98 Å². The molecule has 2 fully saturated rings. The van der Waals surface area contributed by atoms with Crippen molar-refractivity contribution in [2.24, 2.45) is 23.5 Å². The molecule has 2 aliphatic rings. The van der Waals surface area contributed by atoms with Crippen LogP contribution in [0.2, 0.25) is 0 Å². The van der Waals surface area contributed by atoms with Crippen LogP contribution in [0.5, 0.6) is 0 Å². The third-order valence-corrected chi connectivity index (χ3v) is 6.08. The summed E-state index contributed by atoms with van der Waals surface area (Å²) >= 11 is 0. The van der Waals surface area contributed by atoms with Crippen LogP contribution in [0.25, 0.3) is 0 Å². The molecule has 2 bridgehead atoms. The van der Waals surface area contributed by atoms with E-state index in [-0.39, 0.29) is 48.6 Å². The molecule has 1 aromatic carbocycles. The van der Waals surface area contributed by atoms with Crippen molar-refractivity contribution >= 4 is 48.1 Å². The number of nitrogens with two attached hydrogens (primary N) is 1. The van der Waals surface area contributed by atoms with Crippen LogP contribution in [-0.2, 0) is 4.79 Å². The Morgan fingerprint density at radius 1 is 0.967 bits per heavy atom. The fourth-order valence-corrected chi connectivity index (χ4v) is 4.61. The average Bonchev–Trinajstić information content (AvgIpc) is 2.68. The van der Waals surface area contributed by atoms with Gasteiger partial charge >= 0.3 is 0 Å². The van der Waals surface area contributed by atoms with E-state index in [4.69, 9.17) is 5.73 Å². The van der Waals surface area contributed by atoms with Gasteiger partial charge in [-0.2, -0.15) is 0 Å². The molecule has 4 rings (SSSR count). The maximum Gasteiger partial charge on any atom is 0.256 e. The molecule has 0 radical (unpaired) electrons. The molecule has 162 valence electrons. The molecule has 8 heteroatoms. The predicted molar refractivity (Wildman–Crippen MR) is 123 cm³/mol. The van der Waals surface area contributed by atoms with E-state index in [9.17, 15) is 9.59 Å². The van der Waals surface area contributed by atoms with Crippen molar-refractivity contribution < 1.29 is 9.59 Å². The second-order valence-electron chi connectivity index (χ2n) is 7.94. The highest BCUT2D eigenvalue weighted by atomic mass is 35.5. The molecule has 6 nitrogen and oxygen atoms in total. The third kappa shape index (κ3) is 5.50. The van der Waals surface area contributed by atoms with Gasteiger partial charge in [-0.05, 0) is 67.9 Å². The van der Waals surface area contributed by atoms with Crippen molar-refractivity contribution in [3.05, 3.63) is 54.2 Å². The van der Waals surface area contributed by atoms with Crippen LogP contribution in [0.3, 0.4) is 0 Å². The minimum Gasteiger partial charge on any atom is -0.327 e. The fraction of sp³-hybridized carbons (Fsp3) is 0.409. The minimum absolute atomic E-state index is 0. The third-order valence-electron chi connectivity index (χ3n) is 6.08. The second-order valence-corrected chi connectivity index (χ2v) is 7.94. The quantitative estimate of drug-likeness (QED) is 0.647. The van der Waals surface area contributed by atoms with Gasteiger partial charge in [0, 0.05) is 29.4 Å². The van der Waals surface area contributed by atoms with Gasteiger partial charge in [-0.3, -0.25) is 9.59 Å². The van der Waals surface area contributed by atoms with Crippen LogP contribution in [0.4, 0.5) is 11.5 Å². The Kier molecular flexibility index (Phi) is 8.65. The predicted octanol–water partition coefficient (Wildman–Crippen LogP) is 4.27. The number of amides is 2. The highest BCUT2D eigenvalue weighted by Gasteiger charge is 2.40. The van der Waals surface area contributed by atoms with E-state index >= 15 is 0 Å². The Balaban J connectivity index is 0.00000160. The number of rotatable bonds is 4. The van der Waals surface area contributed by atoms with Crippen LogP contribution < -0.4 is 16.4 Å². The Bertz CT molecular complexity index is 851. The summed E-state index contributed by atoms with van der Waals surface area (Å²) in [5.41, 5.74) is 7.45. The normalized spacial score (nSPS) is 24.6. The molecular formula is C22H28Cl2N4O2. The Morgan fingerprint density at radius 3 is 2.37 bits per heavy atom. The van der Waals surface area contributed by atoms with E-state index in [1.165, 1.54) is 6.42 Å². The molecule has 0 aliphatic heterocycles. The first kappa shape index (κ1) is 24.1. The first-order valence-corrected chi connectivity index (χ1v) is 9.99. The highest BCUT2D eigenvalue weighted by molar-refractivity contribution is 6.05. The van der Waals surface area contributed by atoms with Crippen molar-refractivity contribution in [3.8, 4) is 0 Å². The lowest BCUT2D eigenvalue weighted by Gasteiger charge is -2.43. The highest BCUT2D eigenvalue weighted by Crippen LogP contribution is 2.42. The van der Waals surface area contributed by atoms with Gasteiger partial charge < -0.3 is 16.4 Å². The molecule has 1 heterocycles. The van der Waals surface area contributed by atoms with Crippen LogP contribution in [0, 0.1) is 17.8 Å². The molecule has 2 saturated carbocycles. The number of nitrogens with one attached hydrogen (secondary N) is 2. The monoisotopic (exact) mass is 450 g/mol. The number of aromatic nitrogens is 1. The second kappa shape index (κ2) is 10.8. The number of nitrogens with zero attached hydrogens (tertiary/aromatic N) is 1. The van der Waals surface area contributed by atoms with Crippen molar-refractivity contribution in [3.63, 3.8) is 0 Å². The van der Waals surface area contributed by atoms with E-state index in [0.717, 1.165) is 25.7 Å². The van der Waals surface area contributed by atoms with Gasteiger partial charge in [0.2, 0.25) is 5.91 Å². The molecule has 2 atom stereocenters. The van der Waals surface area contributed by atoms with Crippen LogP contribution in [0.15, 0.2) is 48.7 Å². The first-order chi connectivity index (χ1) is 13.6. The lowest BCUT2D eigenvalue weighted by Crippen LogP contribution is -2.48. The Morgan fingerprint density at radius 2 is 1.70 bits per heavy atom. The van der Waals surface area contributed by atoms with Gasteiger partial charge in [-0.1, -0.05) is 18.6 Å². The zero-order valence-corrected chi connectivity index (χ0v) is 18.3. The molecule has 2 amide bonds. The zero-order valence-electron chi connectivity index (χ0n) is 16.6. The van der Waals surface area contributed by atoms with Crippen LogP contribution in [-0.4, -0.2) is 22.8 Å². The van der Waals surface area contributed by atoms with E-state index in [1.807, 2.05) is 12.1 Å². The molecule has 30 heavy (non-hydrogen) atoms. The Hall–Kier alpha value is -2.15. The maximum atomic E-state index is 12.8. The standard InChI is InChI=1S/C22H26N4O2.2ClH/c23-20-14-5-3-6-15(20)12-17(11-14)22(28)25-18-8-4-7-16(13-18)21(27)26-19-9-1-2-10-24-19;;/h1-2,4,7-10,13-15,17,20H,3,5-6,11-12,23H2,(H,25,28)(H,24,26,27);2*1H. The summed E-state index contributed by atoms with van der Waals surface area (Å²) in [6, 6.07) is 12.6. The SMILES string of the molecule is Cl.Cl.NC1C2CCCC1CC(C(=O)Nc1cccc(C(=O)Nc3ccccn3)c1)C2. The minimum atomic E-state index is -0.257. The summed E-state index contributed by atoms with van der Waals surface area (Å²) < 4.78 is 0. The first-order valence-electron chi connectivity index (χ1n) is 9.99. The molecular weight excluding hydrogens is 423 g/mol. The topological polar surface area (TPSA) is 97.1 Å². The number of carbonyl (C=O) groups is 2. The number of pyridine rings is 1. The average molecular weight is 451 g/mol.